The van der Waals surface area contributed by atoms with Crippen molar-refractivity contribution in [3.8, 4) is 5.75 Å². The molecule has 5 heteroatoms. The van der Waals surface area contributed by atoms with Gasteiger partial charge in [0.15, 0.2) is 0 Å². The Bertz CT molecular complexity index is 908. The van der Waals surface area contributed by atoms with E-state index < -0.39 is 0 Å². The SMILES string of the molecule is C[C@@H](c1cc2ccccc2o1)N(C)C(=O)c1ccc(OC[C@@H]2CCCO2)cc1. The molecule has 0 N–H and O–H groups in total. The van der Waals surface area contributed by atoms with Crippen LogP contribution in [0.15, 0.2) is 59.0 Å². The molecule has 1 aliphatic rings. The third-order valence-electron chi connectivity index (χ3n) is 5.32. The number of para-hydroxylation sites is 1. The first kappa shape index (κ1) is 18.6. The zero-order valence-corrected chi connectivity index (χ0v) is 16.3. The Hall–Kier alpha value is -2.79. The van der Waals surface area contributed by atoms with Gasteiger partial charge in [-0.25, -0.2) is 0 Å². The largest absolute Gasteiger partial charge is 0.491 e. The number of benzene rings is 2. The van der Waals surface area contributed by atoms with Gasteiger partial charge in [0.25, 0.3) is 5.91 Å². The third kappa shape index (κ3) is 3.90. The van der Waals surface area contributed by atoms with Crippen LogP contribution in [-0.4, -0.2) is 37.2 Å². The van der Waals surface area contributed by atoms with Gasteiger partial charge < -0.3 is 18.8 Å². The zero-order valence-electron chi connectivity index (χ0n) is 16.3. The molecule has 2 aromatic carbocycles. The van der Waals surface area contributed by atoms with Gasteiger partial charge in [0, 0.05) is 24.6 Å². The number of amides is 1. The van der Waals surface area contributed by atoms with Crippen LogP contribution < -0.4 is 4.74 Å². The second-order valence-corrected chi connectivity index (χ2v) is 7.25. The molecule has 0 aliphatic carbocycles. The zero-order chi connectivity index (χ0) is 19.5. The van der Waals surface area contributed by atoms with Crippen LogP contribution in [0.5, 0.6) is 5.75 Å². The van der Waals surface area contributed by atoms with Crippen molar-refractivity contribution in [3.05, 3.63) is 65.9 Å². The van der Waals surface area contributed by atoms with Crippen LogP contribution in [0, 0.1) is 0 Å². The van der Waals surface area contributed by atoms with E-state index in [1.807, 2.05) is 49.4 Å². The Balaban J connectivity index is 1.40. The highest BCUT2D eigenvalue weighted by Crippen LogP contribution is 2.28. The quantitative estimate of drug-likeness (QED) is 0.616. The highest BCUT2D eigenvalue weighted by molar-refractivity contribution is 5.94. The molecule has 28 heavy (non-hydrogen) atoms. The van der Waals surface area contributed by atoms with E-state index >= 15 is 0 Å². The number of hydrogen-bond donors (Lipinski definition) is 0. The number of rotatable bonds is 6. The summed E-state index contributed by atoms with van der Waals surface area (Å²) >= 11 is 0. The standard InChI is InChI=1S/C23H25NO4/c1-16(22-14-18-6-3-4-8-21(18)28-22)24(2)23(25)17-9-11-19(12-10-17)27-15-20-7-5-13-26-20/h3-4,6,8-12,14,16,20H,5,7,13,15H2,1-2H3/t16-,20-/m0/s1. The summed E-state index contributed by atoms with van der Waals surface area (Å²) in [5.74, 6) is 1.47. The molecular formula is C23H25NO4. The molecule has 1 saturated heterocycles. The predicted molar refractivity (Wildman–Crippen MR) is 108 cm³/mol. The molecule has 1 fully saturated rings. The van der Waals surface area contributed by atoms with Gasteiger partial charge in [-0.3, -0.25) is 4.79 Å². The van der Waals surface area contributed by atoms with E-state index in [9.17, 15) is 4.79 Å². The maximum absolute atomic E-state index is 12.9. The van der Waals surface area contributed by atoms with E-state index in [0.29, 0.717) is 12.2 Å². The fourth-order valence-electron chi connectivity index (χ4n) is 3.44. The smallest absolute Gasteiger partial charge is 0.254 e. The van der Waals surface area contributed by atoms with Crippen LogP contribution in [0.3, 0.4) is 0 Å². The maximum atomic E-state index is 12.9. The third-order valence-corrected chi connectivity index (χ3v) is 5.32. The van der Waals surface area contributed by atoms with E-state index in [1.54, 1.807) is 24.1 Å². The Morgan fingerprint density at radius 2 is 2.00 bits per heavy atom. The fourth-order valence-corrected chi connectivity index (χ4v) is 3.44. The van der Waals surface area contributed by atoms with Crippen LogP contribution in [0.4, 0.5) is 0 Å². The van der Waals surface area contributed by atoms with Crippen molar-refractivity contribution in [2.75, 3.05) is 20.3 Å². The summed E-state index contributed by atoms with van der Waals surface area (Å²) in [4.78, 5) is 14.6. The lowest BCUT2D eigenvalue weighted by molar-refractivity contribution is 0.0678. The predicted octanol–water partition coefficient (Wildman–Crippen LogP) is 4.82. The molecule has 4 rings (SSSR count). The van der Waals surface area contributed by atoms with E-state index in [-0.39, 0.29) is 18.1 Å². The molecule has 2 atom stereocenters. The average molecular weight is 379 g/mol. The van der Waals surface area contributed by atoms with Crippen molar-refractivity contribution in [1.29, 1.82) is 0 Å². The summed E-state index contributed by atoms with van der Waals surface area (Å²) in [6.07, 6.45) is 2.32. The average Bonchev–Trinajstić information content (AvgIpc) is 3.40. The van der Waals surface area contributed by atoms with Gasteiger partial charge in [0.05, 0.1) is 12.1 Å². The molecule has 3 aromatic rings. The minimum Gasteiger partial charge on any atom is -0.491 e. The first-order valence-corrected chi connectivity index (χ1v) is 9.72. The highest BCUT2D eigenvalue weighted by Gasteiger charge is 2.22. The van der Waals surface area contributed by atoms with Crippen molar-refractivity contribution in [2.45, 2.75) is 31.9 Å². The Kier molecular flexibility index (Phi) is 5.35. The lowest BCUT2D eigenvalue weighted by Gasteiger charge is -2.23. The second-order valence-electron chi connectivity index (χ2n) is 7.25. The van der Waals surface area contributed by atoms with Crippen LogP contribution in [0.2, 0.25) is 0 Å². The minimum absolute atomic E-state index is 0.0568. The van der Waals surface area contributed by atoms with Crippen LogP contribution in [0.1, 0.15) is 41.9 Å². The lowest BCUT2D eigenvalue weighted by Crippen LogP contribution is -2.29. The van der Waals surface area contributed by atoms with Gasteiger partial charge in [0.2, 0.25) is 0 Å². The van der Waals surface area contributed by atoms with E-state index in [2.05, 4.69) is 0 Å². The van der Waals surface area contributed by atoms with Crippen molar-refractivity contribution in [2.24, 2.45) is 0 Å². The molecule has 1 aliphatic heterocycles. The molecule has 0 bridgehead atoms. The van der Waals surface area contributed by atoms with Gasteiger partial charge in [0.1, 0.15) is 23.7 Å². The molecule has 2 heterocycles. The van der Waals surface area contributed by atoms with Crippen molar-refractivity contribution in [1.82, 2.24) is 4.90 Å². The molecule has 0 unspecified atom stereocenters. The summed E-state index contributed by atoms with van der Waals surface area (Å²) in [6, 6.07) is 16.9. The lowest BCUT2D eigenvalue weighted by atomic mass is 10.1. The van der Waals surface area contributed by atoms with Crippen molar-refractivity contribution >= 4 is 16.9 Å². The maximum Gasteiger partial charge on any atom is 0.254 e. The summed E-state index contributed by atoms with van der Waals surface area (Å²) in [5.41, 5.74) is 1.45. The molecule has 1 amide bonds. The van der Waals surface area contributed by atoms with E-state index in [1.165, 1.54) is 0 Å². The molecular weight excluding hydrogens is 354 g/mol. The Morgan fingerprint density at radius 3 is 2.71 bits per heavy atom. The number of carbonyl (C=O) groups excluding carboxylic acids is 1. The summed E-state index contributed by atoms with van der Waals surface area (Å²) in [5, 5.41) is 1.04. The molecule has 0 spiro atoms. The molecule has 5 nitrogen and oxygen atoms in total. The number of furan rings is 1. The fraction of sp³-hybridized carbons (Fsp3) is 0.348. The number of fused-ring (bicyclic) bond motifs is 1. The molecule has 0 saturated carbocycles. The summed E-state index contributed by atoms with van der Waals surface area (Å²) in [6.45, 7) is 3.34. The Labute approximate surface area is 164 Å². The normalized spacial score (nSPS) is 17.6. The van der Waals surface area contributed by atoms with E-state index in [4.69, 9.17) is 13.9 Å². The summed E-state index contributed by atoms with van der Waals surface area (Å²) < 4.78 is 17.2. The Morgan fingerprint density at radius 1 is 1.21 bits per heavy atom. The van der Waals surface area contributed by atoms with E-state index in [0.717, 1.165) is 41.9 Å². The second kappa shape index (κ2) is 8.07. The van der Waals surface area contributed by atoms with Crippen LogP contribution in [-0.2, 0) is 4.74 Å². The number of hydrogen-bond acceptors (Lipinski definition) is 4. The van der Waals surface area contributed by atoms with Gasteiger partial charge in [-0.05, 0) is 56.2 Å². The van der Waals surface area contributed by atoms with Crippen LogP contribution >= 0.6 is 0 Å². The highest BCUT2D eigenvalue weighted by atomic mass is 16.5. The van der Waals surface area contributed by atoms with Gasteiger partial charge in [-0.2, -0.15) is 0 Å². The molecule has 1 aromatic heterocycles. The number of carbonyl (C=O) groups is 1. The van der Waals surface area contributed by atoms with Gasteiger partial charge in [-0.1, -0.05) is 18.2 Å². The monoisotopic (exact) mass is 379 g/mol. The van der Waals surface area contributed by atoms with Crippen LogP contribution in [0.25, 0.3) is 11.0 Å². The van der Waals surface area contributed by atoms with Crippen molar-refractivity contribution in [3.63, 3.8) is 0 Å². The molecule has 146 valence electrons. The van der Waals surface area contributed by atoms with Gasteiger partial charge in [-0.15, -0.1) is 0 Å². The topological polar surface area (TPSA) is 51.9 Å². The molecule has 0 radical (unpaired) electrons. The number of nitrogens with zero attached hydrogens (tertiary/aromatic N) is 1. The first-order valence-electron chi connectivity index (χ1n) is 9.72. The van der Waals surface area contributed by atoms with Gasteiger partial charge >= 0.3 is 0 Å². The summed E-state index contributed by atoms with van der Waals surface area (Å²) in [7, 11) is 1.79. The minimum atomic E-state index is -0.171. The number of ether oxygens (including phenoxy) is 2. The first-order chi connectivity index (χ1) is 13.6. The van der Waals surface area contributed by atoms with Crippen molar-refractivity contribution < 1.29 is 18.7 Å².